The molecule has 0 spiro atoms. The van der Waals surface area contributed by atoms with E-state index in [9.17, 15) is 8.42 Å². The van der Waals surface area contributed by atoms with Gasteiger partial charge in [-0.25, -0.2) is 0 Å². The van der Waals surface area contributed by atoms with Gasteiger partial charge in [-0.3, -0.25) is 4.55 Å². The normalized spacial score (nSPS) is 8.38. The van der Waals surface area contributed by atoms with Gasteiger partial charge < -0.3 is 0 Å². The first kappa shape index (κ1) is 24.6. The second kappa shape index (κ2) is 16.7. The van der Waals surface area contributed by atoms with Crippen LogP contribution in [-0.2, 0) is 10.1 Å². The van der Waals surface area contributed by atoms with Crippen molar-refractivity contribution in [2.24, 2.45) is 0 Å². The van der Waals surface area contributed by atoms with Crippen LogP contribution in [0.5, 0.6) is 0 Å². The Morgan fingerprint density at radius 1 is 0.667 bits per heavy atom. The molecule has 122 valence electrons. The van der Waals surface area contributed by atoms with Gasteiger partial charge in [0.25, 0.3) is 10.1 Å². The van der Waals surface area contributed by atoms with Crippen molar-refractivity contribution in [3.63, 3.8) is 0 Å². The van der Waals surface area contributed by atoms with Gasteiger partial charge >= 0.3 is 0 Å². The summed E-state index contributed by atoms with van der Waals surface area (Å²) in [5, 5.41) is 2.62. The summed E-state index contributed by atoms with van der Waals surface area (Å²) in [6, 6.07) is 16.7. The molecule has 0 aliphatic rings. The van der Waals surface area contributed by atoms with E-state index in [4.69, 9.17) is 4.55 Å². The Labute approximate surface area is 130 Å². The van der Waals surface area contributed by atoms with E-state index in [-0.39, 0.29) is 0 Å². The summed E-state index contributed by atoms with van der Waals surface area (Å²) in [5.74, 6) is 0. The van der Waals surface area contributed by atoms with E-state index < -0.39 is 10.1 Å². The van der Waals surface area contributed by atoms with Crippen LogP contribution < -0.4 is 0 Å². The highest BCUT2D eigenvalue weighted by atomic mass is 32.2. The molecule has 1 N–H and O–H groups in total. The average Bonchev–Trinajstić information content (AvgIpc) is 2.52. The van der Waals surface area contributed by atoms with Crippen LogP contribution in [0.25, 0.3) is 10.8 Å². The van der Waals surface area contributed by atoms with Crippen LogP contribution in [0.4, 0.5) is 0 Å². The van der Waals surface area contributed by atoms with Gasteiger partial charge in [0.15, 0.2) is 0 Å². The second-order valence-corrected chi connectivity index (χ2v) is 4.55. The van der Waals surface area contributed by atoms with Crippen molar-refractivity contribution in [2.75, 3.05) is 6.26 Å². The molecule has 0 aliphatic heterocycles. The van der Waals surface area contributed by atoms with E-state index in [1.165, 1.54) is 10.8 Å². The van der Waals surface area contributed by atoms with E-state index >= 15 is 0 Å². The van der Waals surface area contributed by atoms with E-state index in [0.717, 1.165) is 0 Å². The highest BCUT2D eigenvalue weighted by molar-refractivity contribution is 7.85. The number of hydrogen-bond acceptors (Lipinski definition) is 2. The molecule has 4 heteroatoms. The first-order valence-corrected chi connectivity index (χ1v) is 9.18. The number of hydrogen-bond donors (Lipinski definition) is 1. The minimum Gasteiger partial charge on any atom is -0.286 e. The van der Waals surface area contributed by atoms with Crippen LogP contribution >= 0.6 is 0 Å². The van der Waals surface area contributed by atoms with Gasteiger partial charge in [0.1, 0.15) is 0 Å². The fraction of sp³-hybridized carbons (Fsp3) is 0.412. The van der Waals surface area contributed by atoms with Crippen LogP contribution in [0.2, 0.25) is 0 Å². The zero-order chi connectivity index (χ0) is 17.3. The molecule has 0 radical (unpaired) electrons. The predicted octanol–water partition coefficient (Wildman–Crippen LogP) is 5.42. The molecule has 0 aromatic heterocycles. The van der Waals surface area contributed by atoms with Crippen LogP contribution in [0, 0.1) is 0 Å². The summed E-state index contributed by atoms with van der Waals surface area (Å²) >= 11 is 0. The van der Waals surface area contributed by atoms with E-state index in [0.29, 0.717) is 6.26 Å². The Bertz CT molecular complexity index is 461. The third-order valence-electron chi connectivity index (χ3n) is 1.66. The lowest BCUT2D eigenvalue weighted by atomic mass is 10.1. The number of benzene rings is 2. The molecule has 2 rings (SSSR count). The number of fused-ring (bicyclic) bond motifs is 1. The smallest absolute Gasteiger partial charge is 0.261 e. The molecule has 0 aliphatic carbocycles. The molecule has 0 saturated heterocycles. The molecule has 0 amide bonds. The van der Waals surface area contributed by atoms with Crippen LogP contribution in [0.1, 0.15) is 41.5 Å². The van der Waals surface area contributed by atoms with Crippen LogP contribution in [0.3, 0.4) is 0 Å². The Hall–Kier alpha value is -1.39. The highest BCUT2D eigenvalue weighted by Gasteiger charge is 1.85. The van der Waals surface area contributed by atoms with E-state index in [1.807, 2.05) is 41.5 Å². The summed E-state index contributed by atoms with van der Waals surface area (Å²) in [4.78, 5) is 0. The van der Waals surface area contributed by atoms with Gasteiger partial charge in [0.2, 0.25) is 0 Å². The topological polar surface area (TPSA) is 54.4 Å². The summed E-state index contributed by atoms with van der Waals surface area (Å²) in [5.41, 5.74) is 0. The molecule has 0 fully saturated rings. The Kier molecular flexibility index (Phi) is 19.5. The van der Waals surface area contributed by atoms with Crippen LogP contribution in [-0.4, -0.2) is 19.2 Å². The van der Waals surface area contributed by atoms with Crippen molar-refractivity contribution >= 4 is 20.9 Å². The first-order valence-electron chi connectivity index (χ1n) is 7.33. The van der Waals surface area contributed by atoms with Crippen molar-refractivity contribution < 1.29 is 13.0 Å². The summed E-state index contributed by atoms with van der Waals surface area (Å²) in [6.07, 6.45) is 0.715. The number of rotatable bonds is 0. The van der Waals surface area contributed by atoms with Crippen molar-refractivity contribution in [2.45, 2.75) is 41.5 Å². The van der Waals surface area contributed by atoms with E-state index in [1.54, 1.807) is 0 Å². The zero-order valence-corrected chi connectivity index (χ0v) is 15.1. The third kappa shape index (κ3) is 18.6. The first-order chi connectivity index (χ1) is 9.97. The SMILES string of the molecule is CC.CC.CC.CS(=O)(=O)O.c1ccc2ccccc2c1. The molecular formula is C17H30O3S. The minimum atomic E-state index is -3.67. The maximum Gasteiger partial charge on any atom is 0.261 e. The lowest BCUT2D eigenvalue weighted by Gasteiger charge is -1.92. The van der Waals surface area contributed by atoms with Crippen molar-refractivity contribution in [3.8, 4) is 0 Å². The summed E-state index contributed by atoms with van der Waals surface area (Å²) in [6.45, 7) is 12.0. The molecule has 0 saturated carbocycles. The lowest BCUT2D eigenvalue weighted by molar-refractivity contribution is 0.490. The van der Waals surface area contributed by atoms with E-state index in [2.05, 4.69) is 48.5 Å². The molecule has 0 heterocycles. The van der Waals surface area contributed by atoms with Gasteiger partial charge in [-0.2, -0.15) is 8.42 Å². The monoisotopic (exact) mass is 314 g/mol. The molecule has 21 heavy (non-hydrogen) atoms. The molecule has 2 aromatic rings. The molecule has 0 bridgehead atoms. The highest BCUT2D eigenvalue weighted by Crippen LogP contribution is 2.11. The Balaban J connectivity index is -0.000000253. The zero-order valence-electron chi connectivity index (χ0n) is 14.3. The van der Waals surface area contributed by atoms with Gasteiger partial charge in [0.05, 0.1) is 6.26 Å². The molecule has 0 unspecified atom stereocenters. The average molecular weight is 314 g/mol. The predicted molar refractivity (Wildman–Crippen MR) is 95.5 cm³/mol. The fourth-order valence-electron chi connectivity index (χ4n) is 1.13. The standard InChI is InChI=1S/C10H8.3C2H6.CH4O3S/c1-2-6-10-8-4-3-7-9(10)5-1;3*1-2;1-5(2,3)4/h1-8H;3*1-2H3;1H3,(H,2,3,4). The summed E-state index contributed by atoms with van der Waals surface area (Å²) in [7, 11) is -3.67. The van der Waals surface area contributed by atoms with Gasteiger partial charge in [-0.05, 0) is 10.8 Å². The second-order valence-electron chi connectivity index (χ2n) is 3.08. The third-order valence-corrected chi connectivity index (χ3v) is 1.66. The Morgan fingerprint density at radius 2 is 0.810 bits per heavy atom. The van der Waals surface area contributed by atoms with Crippen molar-refractivity contribution in [3.05, 3.63) is 48.5 Å². The van der Waals surface area contributed by atoms with Crippen molar-refractivity contribution in [1.82, 2.24) is 0 Å². The maximum absolute atomic E-state index is 9.19. The molecule has 3 nitrogen and oxygen atoms in total. The van der Waals surface area contributed by atoms with Gasteiger partial charge in [0, 0.05) is 0 Å². The fourth-order valence-corrected chi connectivity index (χ4v) is 1.13. The molecular weight excluding hydrogens is 284 g/mol. The summed E-state index contributed by atoms with van der Waals surface area (Å²) < 4.78 is 25.9. The largest absolute Gasteiger partial charge is 0.286 e. The van der Waals surface area contributed by atoms with Crippen molar-refractivity contribution in [1.29, 1.82) is 0 Å². The molecule has 0 atom stereocenters. The quantitative estimate of drug-likeness (QED) is 0.660. The minimum absolute atomic E-state index is 0.715. The van der Waals surface area contributed by atoms with Gasteiger partial charge in [-0.15, -0.1) is 0 Å². The van der Waals surface area contributed by atoms with Gasteiger partial charge in [-0.1, -0.05) is 90.1 Å². The maximum atomic E-state index is 9.19. The molecule has 2 aromatic carbocycles. The Morgan fingerprint density at radius 3 is 0.952 bits per heavy atom. The van der Waals surface area contributed by atoms with Crippen LogP contribution in [0.15, 0.2) is 48.5 Å². The lowest BCUT2D eigenvalue weighted by Crippen LogP contribution is -1.88.